The molecule has 1 aromatic rings. The van der Waals surface area contributed by atoms with E-state index in [0.717, 1.165) is 24.3 Å². The first-order valence-corrected chi connectivity index (χ1v) is 8.70. The second kappa shape index (κ2) is 9.88. The Balaban J connectivity index is 2.04. The minimum absolute atomic E-state index is 0.711. The van der Waals surface area contributed by atoms with Gasteiger partial charge in [-0.1, -0.05) is 12.2 Å². The molecule has 0 amide bonds. The van der Waals surface area contributed by atoms with Gasteiger partial charge in [0, 0.05) is 19.2 Å². The number of rotatable bonds is 7. The van der Waals surface area contributed by atoms with Crippen LogP contribution in [0.1, 0.15) is 30.9 Å². The number of ether oxygens (including phenoxy) is 1. The number of nitrogens with two attached hydrogens (primary N) is 1. The monoisotopic (exact) mass is 330 g/mol. The number of nitrogens with zero attached hydrogens (tertiary/aromatic N) is 1. The van der Waals surface area contributed by atoms with E-state index in [0.29, 0.717) is 6.61 Å². The van der Waals surface area contributed by atoms with Gasteiger partial charge in [0.05, 0.1) is 6.20 Å². The molecule has 0 radical (unpaired) electrons. The first kappa shape index (κ1) is 18.2. The van der Waals surface area contributed by atoms with Gasteiger partial charge in [0.2, 0.25) is 0 Å². The molecule has 0 saturated carbocycles. The van der Waals surface area contributed by atoms with Gasteiger partial charge in [-0.2, -0.15) is 0 Å². The summed E-state index contributed by atoms with van der Waals surface area (Å²) in [5, 5.41) is 6.14. The van der Waals surface area contributed by atoms with E-state index < -0.39 is 0 Å². The summed E-state index contributed by atoms with van der Waals surface area (Å²) in [7, 11) is 0. The summed E-state index contributed by atoms with van der Waals surface area (Å²) >= 11 is 0. The number of H-pyrrole nitrogens is 2. The summed E-state index contributed by atoms with van der Waals surface area (Å²) in [6.45, 7) is 8.19. The molecule has 0 spiro atoms. The third-order valence-electron chi connectivity index (χ3n) is 4.27. The van der Waals surface area contributed by atoms with Crippen molar-refractivity contribution in [1.29, 1.82) is 0 Å². The van der Waals surface area contributed by atoms with Crippen molar-refractivity contribution in [3.63, 3.8) is 0 Å². The van der Waals surface area contributed by atoms with Gasteiger partial charge in [-0.3, -0.25) is 4.90 Å². The third kappa shape index (κ3) is 5.81. The summed E-state index contributed by atoms with van der Waals surface area (Å²) in [6.07, 6.45) is 12.9. The molecular weight excluding hydrogens is 300 g/mol. The predicted octanol–water partition coefficient (Wildman–Crippen LogP) is 3.21. The Hall–Kier alpha value is -2.14. The average Bonchev–Trinajstić information content (AvgIpc) is 3.08. The largest absolute Gasteiger partial charge is 0.491 e. The van der Waals surface area contributed by atoms with Gasteiger partial charge in [-0.05, 0) is 68.7 Å². The van der Waals surface area contributed by atoms with Crippen molar-refractivity contribution < 1.29 is 4.74 Å². The fourth-order valence-electron chi connectivity index (χ4n) is 2.88. The number of nitrogens with one attached hydrogen (secondary N) is 2. The van der Waals surface area contributed by atoms with Crippen molar-refractivity contribution in [3.8, 4) is 5.75 Å². The fraction of sp³-hybridized carbons (Fsp3) is 0.474. The van der Waals surface area contributed by atoms with E-state index in [-0.39, 0.29) is 0 Å². The quantitative estimate of drug-likeness (QED) is 0.672. The van der Waals surface area contributed by atoms with Gasteiger partial charge < -0.3 is 20.7 Å². The molecule has 0 atom stereocenters. The van der Waals surface area contributed by atoms with Gasteiger partial charge in [-0.15, -0.1) is 0 Å². The lowest BCUT2D eigenvalue weighted by molar-refractivity contribution is 0.237. The molecule has 132 valence electrons. The van der Waals surface area contributed by atoms with E-state index in [1.807, 2.05) is 31.5 Å². The van der Waals surface area contributed by atoms with Crippen LogP contribution in [0.25, 0.3) is 0 Å². The molecule has 5 heteroatoms. The van der Waals surface area contributed by atoms with Crippen molar-refractivity contribution in [2.75, 3.05) is 26.2 Å². The van der Waals surface area contributed by atoms with Crippen LogP contribution in [-0.2, 0) is 6.42 Å². The van der Waals surface area contributed by atoms with Gasteiger partial charge in [0.15, 0.2) is 0 Å². The number of hydrogen-bond donors (Lipinski definition) is 3. The number of aromatic amines is 2. The zero-order valence-electron chi connectivity index (χ0n) is 14.8. The Morgan fingerprint density at radius 3 is 2.75 bits per heavy atom. The summed E-state index contributed by atoms with van der Waals surface area (Å²) in [6, 6.07) is 2.08. The standard InChI is InChI=1S/C19H30N4O/c1-3-6-17(13-20)12-18-14-21-22-15-19(11-16(18)2)24-10-9-23-7-4-5-8-23/h3,6,11,13-15,21-22H,4-5,7-10,12,20H2,1-2H3/b6-3-,16-11?,17-13+,18-14?,19-15?. The summed E-state index contributed by atoms with van der Waals surface area (Å²) in [5.41, 5.74) is 9.13. The Bertz CT molecular complexity index is 605. The van der Waals surface area contributed by atoms with Gasteiger partial charge in [0.1, 0.15) is 12.4 Å². The molecule has 1 fully saturated rings. The van der Waals surface area contributed by atoms with Crippen LogP contribution in [0.3, 0.4) is 0 Å². The van der Waals surface area contributed by atoms with Gasteiger partial charge >= 0.3 is 0 Å². The molecule has 1 aliphatic rings. The molecule has 2 heterocycles. The van der Waals surface area contributed by atoms with E-state index >= 15 is 0 Å². The minimum Gasteiger partial charge on any atom is -0.491 e. The molecule has 1 saturated heterocycles. The van der Waals surface area contributed by atoms with E-state index in [4.69, 9.17) is 10.5 Å². The normalized spacial score (nSPS) is 15.8. The van der Waals surface area contributed by atoms with Crippen LogP contribution in [0, 0.1) is 6.92 Å². The minimum atomic E-state index is 0.711. The Labute approximate surface area is 144 Å². The van der Waals surface area contributed by atoms with Crippen LogP contribution in [0.15, 0.2) is 42.4 Å². The van der Waals surface area contributed by atoms with E-state index in [1.54, 1.807) is 6.20 Å². The zero-order valence-corrected chi connectivity index (χ0v) is 14.8. The van der Waals surface area contributed by atoms with Crippen molar-refractivity contribution >= 4 is 0 Å². The molecule has 5 nitrogen and oxygen atoms in total. The second-order valence-electron chi connectivity index (χ2n) is 6.15. The molecule has 1 aromatic heterocycles. The highest BCUT2D eigenvalue weighted by molar-refractivity contribution is 5.33. The summed E-state index contributed by atoms with van der Waals surface area (Å²) in [5.74, 6) is 0.842. The first-order chi connectivity index (χ1) is 11.7. The molecule has 2 rings (SSSR count). The highest BCUT2D eigenvalue weighted by Gasteiger charge is 2.10. The van der Waals surface area contributed by atoms with Crippen LogP contribution in [-0.4, -0.2) is 41.3 Å². The molecule has 4 N–H and O–H groups in total. The summed E-state index contributed by atoms with van der Waals surface area (Å²) in [4.78, 5) is 2.45. The molecule has 1 aliphatic heterocycles. The molecule has 24 heavy (non-hydrogen) atoms. The highest BCUT2D eigenvalue weighted by Crippen LogP contribution is 2.16. The third-order valence-corrected chi connectivity index (χ3v) is 4.27. The fourth-order valence-corrected chi connectivity index (χ4v) is 2.88. The topological polar surface area (TPSA) is 70.1 Å². The van der Waals surface area contributed by atoms with Crippen molar-refractivity contribution in [2.24, 2.45) is 5.73 Å². The van der Waals surface area contributed by atoms with Crippen molar-refractivity contribution in [2.45, 2.75) is 33.1 Å². The SMILES string of the molecule is C/C=C\C(=C/N)Cc1c[nH][nH]cc(OCCN2CCCC2)cc1C. The maximum atomic E-state index is 5.94. The number of allylic oxidation sites excluding steroid dienone is 3. The lowest BCUT2D eigenvalue weighted by Crippen LogP contribution is -2.25. The number of hydrogen-bond acceptors (Lipinski definition) is 3. The van der Waals surface area contributed by atoms with E-state index in [9.17, 15) is 0 Å². The van der Waals surface area contributed by atoms with E-state index in [2.05, 4.69) is 28.1 Å². The molecule has 0 bridgehead atoms. The van der Waals surface area contributed by atoms with E-state index in [1.165, 1.54) is 37.1 Å². The number of likely N-dealkylation sites (tertiary alicyclic amines) is 1. The highest BCUT2D eigenvalue weighted by atomic mass is 16.5. The average molecular weight is 330 g/mol. The van der Waals surface area contributed by atoms with Crippen LogP contribution in [0.2, 0.25) is 0 Å². The van der Waals surface area contributed by atoms with Crippen LogP contribution < -0.4 is 10.5 Å². The predicted molar refractivity (Wildman–Crippen MR) is 99.5 cm³/mol. The first-order valence-electron chi connectivity index (χ1n) is 8.70. The summed E-state index contributed by atoms with van der Waals surface area (Å²) < 4.78 is 5.94. The molecule has 0 aromatic carbocycles. The number of aryl methyl sites for hydroxylation is 1. The maximum Gasteiger partial charge on any atom is 0.137 e. The molecule has 0 aliphatic carbocycles. The lowest BCUT2D eigenvalue weighted by atomic mass is 10.0. The van der Waals surface area contributed by atoms with Gasteiger partial charge in [-0.25, -0.2) is 0 Å². The van der Waals surface area contributed by atoms with Crippen LogP contribution >= 0.6 is 0 Å². The smallest absolute Gasteiger partial charge is 0.137 e. The maximum absolute atomic E-state index is 5.94. The Morgan fingerprint density at radius 1 is 1.29 bits per heavy atom. The van der Waals surface area contributed by atoms with Crippen LogP contribution in [0.5, 0.6) is 5.75 Å². The number of aromatic nitrogens is 2. The molecular formula is C19H30N4O. The second-order valence-corrected chi connectivity index (χ2v) is 6.15. The van der Waals surface area contributed by atoms with Crippen molar-refractivity contribution in [3.05, 3.63) is 53.5 Å². The lowest BCUT2D eigenvalue weighted by Gasteiger charge is -2.15. The Morgan fingerprint density at radius 2 is 2.04 bits per heavy atom. The van der Waals surface area contributed by atoms with Crippen molar-refractivity contribution in [1.82, 2.24) is 15.1 Å². The molecule has 0 unspecified atom stereocenters. The zero-order chi connectivity index (χ0) is 17.2. The Kier molecular flexibility index (Phi) is 7.49. The van der Waals surface area contributed by atoms with Crippen LogP contribution in [0.4, 0.5) is 0 Å². The van der Waals surface area contributed by atoms with Gasteiger partial charge in [0.25, 0.3) is 0 Å².